The Hall–Kier alpha value is -0.900. The smallest absolute Gasteiger partial charge is 0.0637 e. The van der Waals surface area contributed by atoms with E-state index in [1.165, 1.54) is 5.56 Å². The SMILES string of the molecule is COC(C)(C)CC(C)NC(CN(C)C)c1ccccc1. The average molecular weight is 278 g/mol. The van der Waals surface area contributed by atoms with Gasteiger partial charge in [-0.2, -0.15) is 0 Å². The van der Waals surface area contributed by atoms with Crippen LogP contribution in [0.3, 0.4) is 0 Å². The van der Waals surface area contributed by atoms with Gasteiger partial charge in [-0.25, -0.2) is 0 Å². The third-order valence-electron chi connectivity index (χ3n) is 3.59. The Morgan fingerprint density at radius 3 is 2.30 bits per heavy atom. The summed E-state index contributed by atoms with van der Waals surface area (Å²) in [7, 11) is 6.00. The molecule has 3 heteroatoms. The molecule has 0 amide bonds. The van der Waals surface area contributed by atoms with Gasteiger partial charge in [-0.05, 0) is 46.9 Å². The van der Waals surface area contributed by atoms with Gasteiger partial charge in [0.25, 0.3) is 0 Å². The van der Waals surface area contributed by atoms with Gasteiger partial charge in [0.2, 0.25) is 0 Å². The zero-order chi connectivity index (χ0) is 15.2. The molecule has 2 unspecified atom stereocenters. The highest BCUT2D eigenvalue weighted by Gasteiger charge is 2.22. The maximum absolute atomic E-state index is 5.53. The van der Waals surface area contributed by atoms with Gasteiger partial charge in [0.1, 0.15) is 0 Å². The van der Waals surface area contributed by atoms with Crippen molar-refractivity contribution in [2.45, 2.75) is 44.9 Å². The fraction of sp³-hybridized carbons (Fsp3) is 0.647. The van der Waals surface area contributed by atoms with Crippen LogP contribution in [0.4, 0.5) is 0 Å². The summed E-state index contributed by atoms with van der Waals surface area (Å²) in [6.45, 7) is 7.48. The minimum atomic E-state index is -0.0915. The summed E-state index contributed by atoms with van der Waals surface area (Å²) in [6, 6.07) is 11.4. The van der Waals surface area contributed by atoms with Crippen LogP contribution in [-0.2, 0) is 4.74 Å². The maximum Gasteiger partial charge on any atom is 0.0637 e. The molecule has 0 spiro atoms. The van der Waals surface area contributed by atoms with Crippen LogP contribution in [0, 0.1) is 0 Å². The minimum absolute atomic E-state index is 0.0915. The van der Waals surface area contributed by atoms with Gasteiger partial charge in [0.15, 0.2) is 0 Å². The third kappa shape index (κ3) is 6.04. The summed E-state index contributed by atoms with van der Waals surface area (Å²) in [6.07, 6.45) is 0.986. The van der Waals surface area contributed by atoms with Gasteiger partial charge in [0.05, 0.1) is 5.60 Å². The summed E-state index contributed by atoms with van der Waals surface area (Å²) in [5.74, 6) is 0. The minimum Gasteiger partial charge on any atom is -0.379 e. The molecule has 0 aromatic heterocycles. The fourth-order valence-corrected chi connectivity index (χ4v) is 2.53. The van der Waals surface area contributed by atoms with E-state index >= 15 is 0 Å². The molecule has 20 heavy (non-hydrogen) atoms. The highest BCUT2D eigenvalue weighted by atomic mass is 16.5. The van der Waals surface area contributed by atoms with Crippen LogP contribution in [0.25, 0.3) is 0 Å². The Labute approximate surface area is 124 Å². The third-order valence-corrected chi connectivity index (χ3v) is 3.59. The summed E-state index contributed by atoms with van der Waals surface area (Å²) < 4.78 is 5.53. The van der Waals surface area contributed by atoms with Crippen molar-refractivity contribution in [3.63, 3.8) is 0 Å². The molecule has 0 bridgehead atoms. The topological polar surface area (TPSA) is 24.5 Å². The molecule has 1 N–H and O–H groups in total. The second-order valence-corrected chi connectivity index (χ2v) is 6.46. The molecule has 0 fully saturated rings. The van der Waals surface area contributed by atoms with E-state index in [2.05, 4.69) is 75.4 Å². The van der Waals surface area contributed by atoms with Crippen molar-refractivity contribution in [1.29, 1.82) is 0 Å². The van der Waals surface area contributed by atoms with Crippen LogP contribution < -0.4 is 5.32 Å². The van der Waals surface area contributed by atoms with E-state index in [0.29, 0.717) is 12.1 Å². The molecule has 0 aliphatic rings. The zero-order valence-corrected chi connectivity index (χ0v) is 13.8. The predicted molar refractivity (Wildman–Crippen MR) is 86.0 cm³/mol. The molecule has 0 saturated carbocycles. The predicted octanol–water partition coefficient (Wildman–Crippen LogP) is 3.08. The first kappa shape index (κ1) is 17.2. The Morgan fingerprint density at radius 2 is 1.80 bits per heavy atom. The molecule has 1 rings (SSSR count). The lowest BCUT2D eigenvalue weighted by molar-refractivity contribution is 0.00741. The normalized spacial score (nSPS) is 15.3. The first-order chi connectivity index (χ1) is 9.34. The molecule has 0 aliphatic heterocycles. The first-order valence-corrected chi connectivity index (χ1v) is 7.35. The number of rotatable bonds is 8. The lowest BCUT2D eigenvalue weighted by atomic mass is 9.98. The van der Waals surface area contributed by atoms with Crippen molar-refractivity contribution in [3.8, 4) is 0 Å². The number of nitrogens with zero attached hydrogens (tertiary/aromatic N) is 1. The van der Waals surface area contributed by atoms with Gasteiger partial charge in [-0.3, -0.25) is 0 Å². The van der Waals surface area contributed by atoms with Crippen molar-refractivity contribution >= 4 is 0 Å². The largest absolute Gasteiger partial charge is 0.379 e. The van der Waals surface area contributed by atoms with Crippen LogP contribution in [0.1, 0.15) is 38.8 Å². The van der Waals surface area contributed by atoms with Crippen molar-refractivity contribution in [3.05, 3.63) is 35.9 Å². The van der Waals surface area contributed by atoms with E-state index in [4.69, 9.17) is 4.74 Å². The van der Waals surface area contributed by atoms with Crippen molar-refractivity contribution < 1.29 is 4.74 Å². The molecule has 1 aromatic rings. The van der Waals surface area contributed by atoms with Gasteiger partial charge >= 0.3 is 0 Å². The van der Waals surface area contributed by atoms with Crippen LogP contribution in [0.2, 0.25) is 0 Å². The van der Waals surface area contributed by atoms with Crippen LogP contribution >= 0.6 is 0 Å². The molecular formula is C17H30N2O. The number of likely N-dealkylation sites (N-methyl/N-ethyl adjacent to an activating group) is 1. The molecule has 0 saturated heterocycles. The van der Waals surface area contributed by atoms with E-state index in [1.807, 2.05) is 0 Å². The summed E-state index contributed by atoms with van der Waals surface area (Å²) in [4.78, 5) is 2.22. The average Bonchev–Trinajstić information content (AvgIpc) is 2.38. The summed E-state index contributed by atoms with van der Waals surface area (Å²) >= 11 is 0. The quantitative estimate of drug-likeness (QED) is 0.791. The van der Waals surface area contributed by atoms with Crippen molar-refractivity contribution in [2.75, 3.05) is 27.7 Å². The van der Waals surface area contributed by atoms with E-state index < -0.39 is 0 Å². The lowest BCUT2D eigenvalue weighted by Crippen LogP contribution is -2.40. The molecule has 3 nitrogen and oxygen atoms in total. The van der Waals surface area contributed by atoms with Gasteiger partial charge < -0.3 is 15.0 Å². The number of hydrogen-bond acceptors (Lipinski definition) is 3. The number of hydrogen-bond donors (Lipinski definition) is 1. The first-order valence-electron chi connectivity index (χ1n) is 7.35. The Bertz CT molecular complexity index is 376. The molecular weight excluding hydrogens is 248 g/mol. The number of benzene rings is 1. The Balaban J connectivity index is 2.70. The van der Waals surface area contributed by atoms with Crippen LogP contribution in [-0.4, -0.2) is 44.3 Å². The van der Waals surface area contributed by atoms with E-state index in [0.717, 1.165) is 13.0 Å². The second kappa shape index (κ2) is 7.77. The Kier molecular flexibility index (Phi) is 6.66. The monoisotopic (exact) mass is 278 g/mol. The number of methoxy groups -OCH3 is 1. The Morgan fingerprint density at radius 1 is 1.20 bits per heavy atom. The highest BCUT2D eigenvalue weighted by Crippen LogP contribution is 2.19. The van der Waals surface area contributed by atoms with Gasteiger partial charge in [0, 0.05) is 25.7 Å². The van der Waals surface area contributed by atoms with E-state index in [1.54, 1.807) is 7.11 Å². The number of nitrogens with one attached hydrogen (secondary N) is 1. The van der Waals surface area contributed by atoms with Crippen molar-refractivity contribution in [2.24, 2.45) is 0 Å². The van der Waals surface area contributed by atoms with E-state index in [-0.39, 0.29) is 5.60 Å². The lowest BCUT2D eigenvalue weighted by Gasteiger charge is -2.31. The molecule has 0 radical (unpaired) electrons. The maximum atomic E-state index is 5.53. The summed E-state index contributed by atoms with van der Waals surface area (Å²) in [5.41, 5.74) is 1.24. The zero-order valence-electron chi connectivity index (χ0n) is 13.8. The fourth-order valence-electron chi connectivity index (χ4n) is 2.53. The van der Waals surface area contributed by atoms with Crippen molar-refractivity contribution in [1.82, 2.24) is 10.2 Å². The standard InChI is InChI=1S/C17H30N2O/c1-14(12-17(2,3)20-6)18-16(13-19(4)5)15-10-8-7-9-11-15/h7-11,14,16,18H,12-13H2,1-6H3. The number of ether oxygens (including phenoxy) is 1. The molecule has 0 heterocycles. The summed E-state index contributed by atoms with van der Waals surface area (Å²) in [5, 5.41) is 3.73. The molecule has 0 aliphatic carbocycles. The molecule has 114 valence electrons. The molecule has 1 aromatic carbocycles. The van der Waals surface area contributed by atoms with Gasteiger partial charge in [-0.15, -0.1) is 0 Å². The second-order valence-electron chi connectivity index (χ2n) is 6.46. The van der Waals surface area contributed by atoms with E-state index in [9.17, 15) is 0 Å². The van der Waals surface area contributed by atoms with Gasteiger partial charge in [-0.1, -0.05) is 30.3 Å². The van der Waals surface area contributed by atoms with Crippen LogP contribution in [0.5, 0.6) is 0 Å². The highest BCUT2D eigenvalue weighted by molar-refractivity contribution is 5.19. The molecule has 2 atom stereocenters. The van der Waals surface area contributed by atoms with Crippen LogP contribution in [0.15, 0.2) is 30.3 Å².